The van der Waals surface area contributed by atoms with Crippen LogP contribution in [0.1, 0.15) is 28.6 Å². The van der Waals surface area contributed by atoms with E-state index in [1.807, 2.05) is 53.2 Å². The molecule has 2 aromatic carbocycles. The minimum absolute atomic E-state index is 0.307. The lowest BCUT2D eigenvalue weighted by Gasteiger charge is -2.18. The summed E-state index contributed by atoms with van der Waals surface area (Å²) in [6.07, 6.45) is 4.54. The van der Waals surface area contributed by atoms with Crippen LogP contribution in [0.4, 0.5) is 4.79 Å². The summed E-state index contributed by atoms with van der Waals surface area (Å²) in [4.78, 5) is 16.7. The van der Waals surface area contributed by atoms with Crippen LogP contribution in [0, 0.1) is 0 Å². The van der Waals surface area contributed by atoms with Gasteiger partial charge in [0.2, 0.25) is 0 Å². The quantitative estimate of drug-likeness (QED) is 0.619. The van der Waals surface area contributed by atoms with Crippen LogP contribution in [-0.4, -0.2) is 26.8 Å². The third-order valence-corrected chi connectivity index (χ3v) is 5.18. The number of hydrogen-bond donors (Lipinski definition) is 3. The number of benzene rings is 2. The zero-order valence-electron chi connectivity index (χ0n) is 15.6. The molecule has 0 bridgehead atoms. The number of carbonyl (C=O) groups excluding carboxylic acids is 1. The number of imidazole rings is 1. The first-order valence-corrected chi connectivity index (χ1v) is 9.55. The van der Waals surface area contributed by atoms with Gasteiger partial charge in [0, 0.05) is 25.4 Å². The van der Waals surface area contributed by atoms with Gasteiger partial charge in [-0.05, 0) is 23.1 Å². The van der Waals surface area contributed by atoms with Crippen molar-refractivity contribution in [2.45, 2.75) is 38.1 Å². The number of hydrogen-bond acceptors (Lipinski definition) is 3. The second kappa shape index (κ2) is 8.27. The van der Waals surface area contributed by atoms with E-state index in [2.05, 4.69) is 27.8 Å². The molecule has 0 fully saturated rings. The summed E-state index contributed by atoms with van der Waals surface area (Å²) in [6.45, 7) is 1.13. The molecule has 6 nitrogen and oxygen atoms in total. The molecular formula is C22H24N4O2. The average Bonchev–Trinajstić information content (AvgIpc) is 3.29. The van der Waals surface area contributed by atoms with E-state index in [1.165, 1.54) is 5.56 Å². The minimum Gasteiger partial charge on any atom is -0.390 e. The third kappa shape index (κ3) is 4.07. The number of amides is 2. The molecule has 6 heteroatoms. The van der Waals surface area contributed by atoms with Crippen LogP contribution in [0.25, 0.3) is 0 Å². The highest BCUT2D eigenvalue weighted by molar-refractivity contribution is 5.74. The number of carbonyl (C=O) groups is 1. The Bertz CT molecular complexity index is 938. The molecule has 1 aliphatic rings. The lowest BCUT2D eigenvalue weighted by atomic mass is 10.1. The first-order chi connectivity index (χ1) is 13.7. The standard InChI is InChI=1S/C22H24N4O2/c27-19-14-17-8-4-5-9-18(17)21(19)25-22(28)24-15-20-23-11-13-26(20)12-10-16-6-2-1-3-7-16/h1-9,11,13,19,21,27H,10,12,14-15H2,(H2,24,25,28). The fourth-order valence-corrected chi connectivity index (χ4v) is 3.70. The summed E-state index contributed by atoms with van der Waals surface area (Å²) in [7, 11) is 0. The monoisotopic (exact) mass is 376 g/mol. The van der Waals surface area contributed by atoms with Crippen molar-refractivity contribution < 1.29 is 9.90 Å². The number of aromatic nitrogens is 2. The molecule has 0 saturated carbocycles. The van der Waals surface area contributed by atoms with Gasteiger partial charge in [0.15, 0.2) is 0 Å². The van der Waals surface area contributed by atoms with E-state index in [9.17, 15) is 9.90 Å². The van der Waals surface area contributed by atoms with Crippen molar-refractivity contribution in [3.8, 4) is 0 Å². The Kier molecular flexibility index (Phi) is 5.39. The molecule has 144 valence electrons. The molecule has 0 radical (unpaired) electrons. The molecule has 0 spiro atoms. The van der Waals surface area contributed by atoms with Crippen LogP contribution in [0.5, 0.6) is 0 Å². The van der Waals surface area contributed by atoms with Crippen molar-refractivity contribution in [1.82, 2.24) is 20.2 Å². The van der Waals surface area contributed by atoms with E-state index < -0.39 is 6.10 Å². The number of aliphatic hydroxyl groups is 1. The Morgan fingerprint density at radius 3 is 2.79 bits per heavy atom. The number of aryl methyl sites for hydroxylation is 2. The zero-order chi connectivity index (χ0) is 19.3. The molecule has 2 unspecified atom stereocenters. The van der Waals surface area contributed by atoms with Crippen LogP contribution >= 0.6 is 0 Å². The van der Waals surface area contributed by atoms with Crippen molar-refractivity contribution in [2.75, 3.05) is 0 Å². The molecule has 0 aliphatic heterocycles. The van der Waals surface area contributed by atoms with E-state index >= 15 is 0 Å². The number of aliphatic hydroxyl groups excluding tert-OH is 1. The molecule has 1 heterocycles. The highest BCUT2D eigenvalue weighted by Gasteiger charge is 2.31. The molecule has 28 heavy (non-hydrogen) atoms. The van der Waals surface area contributed by atoms with E-state index in [0.29, 0.717) is 13.0 Å². The Hall–Kier alpha value is -3.12. The predicted molar refractivity (Wildman–Crippen MR) is 107 cm³/mol. The second-order valence-electron chi connectivity index (χ2n) is 7.05. The van der Waals surface area contributed by atoms with E-state index in [4.69, 9.17) is 0 Å². The van der Waals surface area contributed by atoms with Gasteiger partial charge in [-0.2, -0.15) is 0 Å². The predicted octanol–water partition coefficient (Wildman–Crippen LogP) is 2.58. The Balaban J connectivity index is 1.32. The normalized spacial score (nSPS) is 17.9. The summed E-state index contributed by atoms with van der Waals surface area (Å²) in [5.74, 6) is 0.804. The fourth-order valence-electron chi connectivity index (χ4n) is 3.70. The highest BCUT2D eigenvalue weighted by atomic mass is 16.3. The van der Waals surface area contributed by atoms with Gasteiger partial charge in [-0.3, -0.25) is 0 Å². The van der Waals surface area contributed by atoms with Gasteiger partial charge in [-0.25, -0.2) is 9.78 Å². The first-order valence-electron chi connectivity index (χ1n) is 9.55. The number of nitrogens with one attached hydrogen (secondary N) is 2. The van der Waals surface area contributed by atoms with Crippen LogP contribution in [0.2, 0.25) is 0 Å². The number of fused-ring (bicyclic) bond motifs is 1. The highest BCUT2D eigenvalue weighted by Crippen LogP contribution is 2.31. The zero-order valence-corrected chi connectivity index (χ0v) is 15.6. The van der Waals surface area contributed by atoms with Gasteiger partial charge >= 0.3 is 6.03 Å². The lowest BCUT2D eigenvalue weighted by molar-refractivity contribution is 0.142. The molecule has 2 atom stereocenters. The van der Waals surface area contributed by atoms with Crippen molar-refractivity contribution >= 4 is 6.03 Å². The van der Waals surface area contributed by atoms with Gasteiger partial charge in [0.1, 0.15) is 5.82 Å². The summed E-state index contributed by atoms with van der Waals surface area (Å²) in [5.41, 5.74) is 3.33. The van der Waals surface area contributed by atoms with Gasteiger partial charge in [0.25, 0.3) is 0 Å². The van der Waals surface area contributed by atoms with Crippen molar-refractivity contribution in [3.05, 3.63) is 89.5 Å². The van der Waals surface area contributed by atoms with Crippen LogP contribution in [-0.2, 0) is 25.9 Å². The lowest BCUT2D eigenvalue weighted by Crippen LogP contribution is -2.41. The van der Waals surface area contributed by atoms with Crippen LogP contribution < -0.4 is 10.6 Å². The van der Waals surface area contributed by atoms with Gasteiger partial charge < -0.3 is 20.3 Å². The number of nitrogens with zero attached hydrogens (tertiary/aromatic N) is 2. The molecule has 4 rings (SSSR count). The van der Waals surface area contributed by atoms with Crippen LogP contribution in [0.15, 0.2) is 67.0 Å². The fraction of sp³-hybridized carbons (Fsp3) is 0.273. The van der Waals surface area contributed by atoms with E-state index in [1.54, 1.807) is 6.20 Å². The number of rotatable bonds is 6. The largest absolute Gasteiger partial charge is 0.390 e. The number of urea groups is 1. The third-order valence-electron chi connectivity index (χ3n) is 5.18. The van der Waals surface area contributed by atoms with Crippen LogP contribution in [0.3, 0.4) is 0 Å². The Labute approximate surface area is 164 Å². The Morgan fingerprint density at radius 1 is 1.14 bits per heavy atom. The molecule has 2 amide bonds. The summed E-state index contributed by atoms with van der Waals surface area (Å²) < 4.78 is 2.05. The summed E-state index contributed by atoms with van der Waals surface area (Å²) in [6, 6.07) is 17.4. The summed E-state index contributed by atoms with van der Waals surface area (Å²) >= 11 is 0. The molecule has 3 aromatic rings. The minimum atomic E-state index is -0.601. The van der Waals surface area contributed by atoms with Gasteiger partial charge in [0.05, 0.1) is 18.7 Å². The Morgan fingerprint density at radius 2 is 1.93 bits per heavy atom. The topological polar surface area (TPSA) is 79.2 Å². The SMILES string of the molecule is O=C(NCc1nccn1CCc1ccccc1)NC1c2ccccc2CC1O. The smallest absolute Gasteiger partial charge is 0.315 e. The second-order valence-corrected chi connectivity index (χ2v) is 7.05. The van der Waals surface area contributed by atoms with E-state index in [0.717, 1.165) is 29.9 Å². The first kappa shape index (κ1) is 18.3. The summed E-state index contributed by atoms with van der Waals surface area (Å²) in [5, 5.41) is 16.0. The maximum atomic E-state index is 12.4. The van der Waals surface area contributed by atoms with Gasteiger partial charge in [-0.15, -0.1) is 0 Å². The average molecular weight is 376 g/mol. The van der Waals surface area contributed by atoms with Gasteiger partial charge in [-0.1, -0.05) is 54.6 Å². The molecule has 3 N–H and O–H groups in total. The van der Waals surface area contributed by atoms with E-state index in [-0.39, 0.29) is 12.1 Å². The molecule has 1 aliphatic carbocycles. The molecular weight excluding hydrogens is 352 g/mol. The molecule has 0 saturated heterocycles. The maximum absolute atomic E-state index is 12.4. The maximum Gasteiger partial charge on any atom is 0.315 e. The van der Waals surface area contributed by atoms with Crippen molar-refractivity contribution in [1.29, 1.82) is 0 Å². The van der Waals surface area contributed by atoms with Crippen molar-refractivity contribution in [3.63, 3.8) is 0 Å². The molecule has 1 aromatic heterocycles. The van der Waals surface area contributed by atoms with Crippen molar-refractivity contribution in [2.24, 2.45) is 0 Å².